The Balaban J connectivity index is 1.38. The maximum Gasteiger partial charge on any atom is 0.339 e. The molecule has 0 saturated carbocycles. The topological polar surface area (TPSA) is 52.6 Å². The number of fused-ring (bicyclic) bond motifs is 2. The first-order valence-corrected chi connectivity index (χ1v) is 12.2. The van der Waals surface area contributed by atoms with Crippen LogP contribution in [0.1, 0.15) is 64.7 Å². The van der Waals surface area contributed by atoms with Gasteiger partial charge in [0.2, 0.25) is 0 Å². The summed E-state index contributed by atoms with van der Waals surface area (Å²) < 4.78 is 10.8. The molecule has 1 unspecified atom stereocenters. The molecule has 174 valence electrons. The summed E-state index contributed by atoms with van der Waals surface area (Å²) in [5, 5.41) is 1.93. The molecule has 0 fully saturated rings. The Hall–Kier alpha value is -3.06. The summed E-state index contributed by atoms with van der Waals surface area (Å²) in [7, 11) is 0. The highest BCUT2D eigenvalue weighted by atomic mass is 16.5. The number of ether oxygens (including phenoxy) is 2. The smallest absolute Gasteiger partial charge is 0.339 e. The van der Waals surface area contributed by atoms with Crippen molar-refractivity contribution < 1.29 is 19.1 Å². The van der Waals surface area contributed by atoms with E-state index in [2.05, 4.69) is 17.9 Å². The molecule has 0 aromatic heterocycles. The highest BCUT2D eigenvalue weighted by Gasteiger charge is 2.19. The first-order chi connectivity index (χ1) is 16.2. The predicted octanol–water partition coefficient (Wildman–Crippen LogP) is 4.36. The second-order valence-corrected chi connectivity index (χ2v) is 8.44. The third-order valence-electron chi connectivity index (χ3n) is 5.86. The zero-order valence-electron chi connectivity index (χ0n) is 19.6. The largest absolute Gasteiger partial charge is 0.466 e. The van der Waals surface area contributed by atoms with Gasteiger partial charge in [0.05, 0.1) is 24.7 Å². The summed E-state index contributed by atoms with van der Waals surface area (Å²) in [6.45, 7) is 2.79. The molecule has 0 saturated heterocycles. The zero-order chi connectivity index (χ0) is 23.3. The molecule has 0 heterocycles. The van der Waals surface area contributed by atoms with Crippen LogP contribution in [0.4, 0.5) is 0 Å². The van der Waals surface area contributed by atoms with Crippen molar-refractivity contribution in [3.63, 3.8) is 0 Å². The lowest BCUT2D eigenvalue weighted by Crippen LogP contribution is -2.30. The molecule has 4 heteroatoms. The van der Waals surface area contributed by atoms with E-state index in [4.69, 9.17) is 9.47 Å². The second kappa shape index (κ2) is 13.5. The Labute approximate surface area is 197 Å². The van der Waals surface area contributed by atoms with E-state index < -0.39 is 0 Å². The minimum absolute atomic E-state index is 0.00666. The highest BCUT2D eigenvalue weighted by molar-refractivity contribution is 6.17. The van der Waals surface area contributed by atoms with Crippen molar-refractivity contribution in [1.82, 2.24) is 0 Å². The van der Waals surface area contributed by atoms with Crippen LogP contribution >= 0.6 is 0 Å². The molecule has 2 aliphatic carbocycles. The molecule has 1 aromatic carbocycles. The summed E-state index contributed by atoms with van der Waals surface area (Å²) in [6, 6.07) is 7.94. The van der Waals surface area contributed by atoms with Crippen LogP contribution in [0.2, 0.25) is 0 Å². The SMILES string of the molecule is CCC(=O)OCCCCCCCCCCOC(=O)C1=c2ccccc2=CC2C#CC=CC1=C2. The molecule has 1 aromatic rings. The van der Waals surface area contributed by atoms with Crippen molar-refractivity contribution >= 4 is 23.6 Å². The molecule has 2 aliphatic rings. The Morgan fingerprint density at radius 1 is 0.879 bits per heavy atom. The van der Waals surface area contributed by atoms with Gasteiger partial charge in [-0.3, -0.25) is 4.79 Å². The molecule has 2 bridgehead atoms. The molecule has 0 amide bonds. The molecule has 4 nitrogen and oxygen atoms in total. The second-order valence-electron chi connectivity index (χ2n) is 8.44. The Morgan fingerprint density at radius 2 is 1.55 bits per heavy atom. The lowest BCUT2D eigenvalue weighted by Gasteiger charge is -2.10. The predicted molar refractivity (Wildman–Crippen MR) is 131 cm³/mol. The average Bonchev–Trinajstić information content (AvgIpc) is 3.15. The number of carbonyl (C=O) groups is 2. The van der Waals surface area contributed by atoms with Gasteiger partial charge in [-0.15, -0.1) is 0 Å². The Morgan fingerprint density at radius 3 is 2.27 bits per heavy atom. The summed E-state index contributed by atoms with van der Waals surface area (Å²) in [5.41, 5.74) is 1.49. The van der Waals surface area contributed by atoms with Crippen molar-refractivity contribution in [3.05, 3.63) is 58.5 Å². The van der Waals surface area contributed by atoms with Crippen molar-refractivity contribution in [2.45, 2.75) is 64.7 Å². The first kappa shape index (κ1) is 24.6. The van der Waals surface area contributed by atoms with Gasteiger partial charge in [-0.2, -0.15) is 0 Å². The number of allylic oxidation sites excluding steroid dienone is 3. The summed E-state index contributed by atoms with van der Waals surface area (Å²) in [6.07, 6.45) is 17.0. The van der Waals surface area contributed by atoms with Gasteiger partial charge < -0.3 is 9.47 Å². The van der Waals surface area contributed by atoms with Gasteiger partial charge in [0.15, 0.2) is 0 Å². The van der Waals surface area contributed by atoms with E-state index in [1.54, 1.807) is 6.08 Å². The lowest BCUT2D eigenvalue weighted by molar-refractivity contribution is -0.143. The normalized spacial score (nSPS) is 15.7. The minimum Gasteiger partial charge on any atom is -0.466 e. The number of carbonyl (C=O) groups excluding carboxylic acids is 2. The van der Waals surface area contributed by atoms with Crippen LogP contribution in [0.3, 0.4) is 0 Å². The molecule has 3 rings (SSSR count). The fourth-order valence-corrected chi connectivity index (χ4v) is 4.06. The van der Waals surface area contributed by atoms with Crippen LogP contribution in [-0.4, -0.2) is 25.2 Å². The molecule has 0 radical (unpaired) electrons. The standard InChI is InChI=1S/C29H34O4/c1-2-27(30)32-19-13-7-5-3-4-6-8-14-20-33-29(31)28-25-17-10-9-15-23(22-25)21-24-16-11-12-18-26(24)28/h10-12,16-18,21-23H,2-8,13-14,19-20H2,1H3. The Bertz CT molecular complexity index is 1060. The van der Waals surface area contributed by atoms with Crippen molar-refractivity contribution in [2.75, 3.05) is 13.2 Å². The quantitative estimate of drug-likeness (QED) is 0.257. The monoisotopic (exact) mass is 446 g/mol. The maximum atomic E-state index is 13.0. The average molecular weight is 447 g/mol. The van der Waals surface area contributed by atoms with Gasteiger partial charge in [-0.1, -0.05) is 93.7 Å². The zero-order valence-corrected chi connectivity index (χ0v) is 19.6. The van der Waals surface area contributed by atoms with Gasteiger partial charge in [0.1, 0.15) is 0 Å². The number of hydrogen-bond acceptors (Lipinski definition) is 4. The van der Waals surface area contributed by atoms with E-state index in [0.717, 1.165) is 48.1 Å². The third kappa shape index (κ3) is 7.79. The van der Waals surface area contributed by atoms with E-state index in [-0.39, 0.29) is 17.9 Å². The van der Waals surface area contributed by atoms with Gasteiger partial charge in [-0.05, 0) is 41.0 Å². The van der Waals surface area contributed by atoms with E-state index in [1.807, 2.05) is 43.3 Å². The summed E-state index contributed by atoms with van der Waals surface area (Å²) in [5.74, 6) is 5.85. The van der Waals surface area contributed by atoms with Gasteiger partial charge in [0, 0.05) is 6.42 Å². The van der Waals surface area contributed by atoms with Crippen LogP contribution in [-0.2, 0) is 19.1 Å². The summed E-state index contributed by atoms with van der Waals surface area (Å²) in [4.78, 5) is 24.1. The molecule has 0 N–H and O–H groups in total. The summed E-state index contributed by atoms with van der Waals surface area (Å²) >= 11 is 0. The number of benzene rings is 1. The number of esters is 2. The fraction of sp³-hybridized carbons (Fsp3) is 0.448. The van der Waals surface area contributed by atoms with Gasteiger partial charge in [0.25, 0.3) is 0 Å². The number of rotatable bonds is 13. The van der Waals surface area contributed by atoms with Crippen molar-refractivity contribution in [1.29, 1.82) is 0 Å². The minimum atomic E-state index is -0.266. The third-order valence-corrected chi connectivity index (χ3v) is 5.86. The van der Waals surface area contributed by atoms with Crippen LogP contribution < -0.4 is 10.4 Å². The van der Waals surface area contributed by atoms with Crippen LogP contribution in [0.5, 0.6) is 0 Å². The molecule has 0 spiro atoms. The lowest BCUT2D eigenvalue weighted by atomic mass is 10.0. The molecular weight excluding hydrogens is 412 g/mol. The Kier molecular flexibility index (Phi) is 10.0. The molecule has 33 heavy (non-hydrogen) atoms. The fourth-order valence-electron chi connectivity index (χ4n) is 4.06. The number of hydrogen-bond donors (Lipinski definition) is 0. The van der Waals surface area contributed by atoms with Gasteiger partial charge >= 0.3 is 11.9 Å². The number of unbranched alkanes of at least 4 members (excludes halogenated alkanes) is 7. The van der Waals surface area contributed by atoms with Gasteiger partial charge in [-0.25, -0.2) is 4.79 Å². The first-order valence-electron chi connectivity index (χ1n) is 12.2. The van der Waals surface area contributed by atoms with Crippen LogP contribution in [0.15, 0.2) is 48.1 Å². The van der Waals surface area contributed by atoms with Crippen LogP contribution in [0.25, 0.3) is 11.6 Å². The van der Waals surface area contributed by atoms with E-state index in [9.17, 15) is 9.59 Å². The van der Waals surface area contributed by atoms with Crippen molar-refractivity contribution in [2.24, 2.45) is 5.92 Å². The highest BCUT2D eigenvalue weighted by Crippen LogP contribution is 2.20. The van der Waals surface area contributed by atoms with Crippen LogP contribution in [0, 0.1) is 17.8 Å². The van der Waals surface area contributed by atoms with E-state index in [0.29, 0.717) is 25.2 Å². The van der Waals surface area contributed by atoms with Crippen molar-refractivity contribution in [3.8, 4) is 11.8 Å². The molecular formula is C29H34O4. The molecule has 1 atom stereocenters. The van der Waals surface area contributed by atoms with E-state index in [1.165, 1.54) is 19.3 Å². The van der Waals surface area contributed by atoms with E-state index >= 15 is 0 Å². The molecule has 0 aliphatic heterocycles. The maximum absolute atomic E-state index is 13.0.